The van der Waals surface area contributed by atoms with Crippen LogP contribution in [-0.2, 0) is 6.54 Å². The number of hydrogen-bond donors (Lipinski definition) is 1. The summed E-state index contributed by atoms with van der Waals surface area (Å²) >= 11 is 3.41. The van der Waals surface area contributed by atoms with Crippen molar-refractivity contribution in [3.8, 4) is 5.88 Å². The minimum atomic E-state index is 0.644. The minimum Gasteiger partial charge on any atom is -0.481 e. The molecule has 0 bridgehead atoms. The van der Waals surface area contributed by atoms with Crippen LogP contribution in [0.5, 0.6) is 5.88 Å². The summed E-state index contributed by atoms with van der Waals surface area (Å²) in [5.41, 5.74) is 8.77. The molecule has 0 aliphatic heterocycles. The second-order valence-electron chi connectivity index (χ2n) is 4.23. The van der Waals surface area contributed by atoms with E-state index in [0.29, 0.717) is 12.4 Å². The molecule has 2 N–H and O–H groups in total. The topological polar surface area (TPSA) is 51.4 Å². The molecule has 4 nitrogen and oxygen atoms in total. The van der Waals surface area contributed by atoms with Crippen molar-refractivity contribution in [2.24, 2.45) is 0 Å². The largest absolute Gasteiger partial charge is 0.481 e. The Labute approximate surface area is 121 Å². The van der Waals surface area contributed by atoms with Gasteiger partial charge in [0.1, 0.15) is 0 Å². The highest BCUT2D eigenvalue weighted by atomic mass is 79.9. The van der Waals surface area contributed by atoms with E-state index in [1.165, 1.54) is 0 Å². The lowest BCUT2D eigenvalue weighted by molar-refractivity contribution is 0.392. The van der Waals surface area contributed by atoms with Crippen LogP contribution in [0.15, 0.2) is 41.0 Å². The van der Waals surface area contributed by atoms with Crippen LogP contribution in [0.3, 0.4) is 0 Å². The van der Waals surface area contributed by atoms with E-state index >= 15 is 0 Å². The maximum atomic E-state index is 6.03. The van der Waals surface area contributed by atoms with Crippen LogP contribution in [-0.4, -0.2) is 19.1 Å². The second kappa shape index (κ2) is 5.93. The first-order valence-electron chi connectivity index (χ1n) is 5.86. The molecule has 0 aliphatic carbocycles. The first-order valence-corrected chi connectivity index (χ1v) is 6.65. The zero-order chi connectivity index (χ0) is 13.8. The van der Waals surface area contributed by atoms with Gasteiger partial charge in [0.05, 0.1) is 18.5 Å². The third-order valence-electron chi connectivity index (χ3n) is 2.85. The molecule has 100 valence electrons. The normalized spacial score (nSPS) is 10.3. The van der Waals surface area contributed by atoms with Gasteiger partial charge in [0.2, 0.25) is 5.88 Å². The van der Waals surface area contributed by atoms with Crippen molar-refractivity contribution in [1.29, 1.82) is 0 Å². The van der Waals surface area contributed by atoms with Gasteiger partial charge in [0.25, 0.3) is 0 Å². The molecule has 0 aliphatic rings. The van der Waals surface area contributed by atoms with Crippen LogP contribution in [0.4, 0.5) is 11.4 Å². The molecule has 1 aromatic carbocycles. The van der Waals surface area contributed by atoms with Gasteiger partial charge in [0, 0.05) is 29.8 Å². The van der Waals surface area contributed by atoms with Crippen LogP contribution in [0.25, 0.3) is 0 Å². The van der Waals surface area contributed by atoms with Crippen molar-refractivity contribution in [2.75, 3.05) is 24.8 Å². The summed E-state index contributed by atoms with van der Waals surface area (Å²) in [4.78, 5) is 6.26. The molecule has 0 amide bonds. The number of rotatable bonds is 4. The summed E-state index contributed by atoms with van der Waals surface area (Å²) < 4.78 is 6.23. The van der Waals surface area contributed by atoms with Gasteiger partial charge in [-0.1, -0.05) is 22.0 Å². The molecule has 0 fully saturated rings. The molecular formula is C14H16BrN3O. The van der Waals surface area contributed by atoms with E-state index in [4.69, 9.17) is 10.5 Å². The number of halogens is 1. The van der Waals surface area contributed by atoms with Crippen LogP contribution >= 0.6 is 15.9 Å². The number of aromatic nitrogens is 1. The molecule has 1 aromatic heterocycles. The molecule has 5 heteroatoms. The van der Waals surface area contributed by atoms with Crippen molar-refractivity contribution in [3.63, 3.8) is 0 Å². The molecule has 0 unspecified atom stereocenters. The van der Waals surface area contributed by atoms with E-state index in [1.807, 2.05) is 37.4 Å². The van der Waals surface area contributed by atoms with Gasteiger partial charge < -0.3 is 15.4 Å². The fraction of sp³-hybridized carbons (Fsp3) is 0.214. The lowest BCUT2D eigenvalue weighted by Gasteiger charge is -2.22. The Kier molecular flexibility index (Phi) is 4.27. The first kappa shape index (κ1) is 13.7. The van der Waals surface area contributed by atoms with E-state index < -0.39 is 0 Å². The molecule has 2 aromatic rings. The quantitative estimate of drug-likeness (QED) is 0.879. The number of anilines is 2. The molecule has 1 heterocycles. The summed E-state index contributed by atoms with van der Waals surface area (Å²) in [5.74, 6) is 0.644. The Bertz CT molecular complexity index is 574. The maximum Gasteiger partial charge on any atom is 0.218 e. The van der Waals surface area contributed by atoms with Crippen LogP contribution in [0.2, 0.25) is 0 Å². The average Bonchev–Trinajstić information content (AvgIpc) is 2.39. The minimum absolute atomic E-state index is 0.644. The fourth-order valence-corrected chi connectivity index (χ4v) is 2.32. The van der Waals surface area contributed by atoms with Gasteiger partial charge in [-0.15, -0.1) is 0 Å². The highest BCUT2D eigenvalue weighted by Gasteiger charge is 2.10. The lowest BCUT2D eigenvalue weighted by atomic mass is 10.2. The predicted octanol–water partition coefficient (Wildman–Crippen LogP) is 3.07. The first-order chi connectivity index (χ1) is 9.11. The second-order valence-corrected chi connectivity index (χ2v) is 5.15. The van der Waals surface area contributed by atoms with Gasteiger partial charge >= 0.3 is 0 Å². The number of nitrogens with zero attached hydrogens (tertiary/aromatic N) is 2. The number of benzene rings is 1. The molecule has 0 saturated carbocycles. The van der Waals surface area contributed by atoms with E-state index in [1.54, 1.807) is 13.3 Å². The monoisotopic (exact) mass is 321 g/mol. The Morgan fingerprint density at radius 2 is 2.16 bits per heavy atom. The average molecular weight is 322 g/mol. The lowest BCUT2D eigenvalue weighted by Crippen LogP contribution is -2.18. The zero-order valence-electron chi connectivity index (χ0n) is 10.9. The molecular weight excluding hydrogens is 306 g/mol. The Balaban J connectivity index is 2.23. The molecule has 0 spiro atoms. The third kappa shape index (κ3) is 3.17. The van der Waals surface area contributed by atoms with Crippen molar-refractivity contribution >= 4 is 27.3 Å². The van der Waals surface area contributed by atoms with E-state index in [-0.39, 0.29) is 0 Å². The SMILES string of the molecule is COc1ncccc1CN(C)c1ccc(Br)cc1N. The van der Waals surface area contributed by atoms with E-state index in [9.17, 15) is 0 Å². The summed E-state index contributed by atoms with van der Waals surface area (Å²) in [6.07, 6.45) is 1.72. The maximum absolute atomic E-state index is 6.03. The number of methoxy groups -OCH3 is 1. The highest BCUT2D eigenvalue weighted by Crippen LogP contribution is 2.28. The van der Waals surface area contributed by atoms with E-state index in [0.717, 1.165) is 21.4 Å². The highest BCUT2D eigenvalue weighted by molar-refractivity contribution is 9.10. The van der Waals surface area contributed by atoms with Crippen molar-refractivity contribution in [3.05, 3.63) is 46.6 Å². The Morgan fingerprint density at radius 1 is 1.37 bits per heavy atom. The zero-order valence-corrected chi connectivity index (χ0v) is 12.5. The summed E-state index contributed by atoms with van der Waals surface area (Å²) in [6, 6.07) is 9.76. The predicted molar refractivity (Wildman–Crippen MR) is 81.5 cm³/mol. The number of nitrogens with two attached hydrogens (primary N) is 1. The third-order valence-corrected chi connectivity index (χ3v) is 3.34. The number of nitrogen functional groups attached to an aromatic ring is 1. The number of pyridine rings is 1. The van der Waals surface area contributed by atoms with Crippen LogP contribution in [0.1, 0.15) is 5.56 Å². The van der Waals surface area contributed by atoms with E-state index in [2.05, 4.69) is 25.8 Å². The fourth-order valence-electron chi connectivity index (χ4n) is 1.94. The summed E-state index contributed by atoms with van der Waals surface area (Å²) in [5, 5.41) is 0. The number of ether oxygens (including phenoxy) is 1. The summed E-state index contributed by atoms with van der Waals surface area (Å²) in [6.45, 7) is 0.683. The van der Waals surface area contributed by atoms with Gasteiger partial charge in [-0.05, 0) is 24.3 Å². The van der Waals surface area contributed by atoms with Crippen molar-refractivity contribution < 1.29 is 4.74 Å². The van der Waals surface area contributed by atoms with Gasteiger partial charge in [0.15, 0.2) is 0 Å². The summed E-state index contributed by atoms with van der Waals surface area (Å²) in [7, 11) is 3.62. The van der Waals surface area contributed by atoms with Crippen LogP contribution < -0.4 is 15.4 Å². The number of hydrogen-bond acceptors (Lipinski definition) is 4. The van der Waals surface area contributed by atoms with Gasteiger partial charge in [-0.25, -0.2) is 4.98 Å². The Hall–Kier alpha value is -1.75. The van der Waals surface area contributed by atoms with Gasteiger partial charge in [-0.2, -0.15) is 0 Å². The van der Waals surface area contributed by atoms with Crippen molar-refractivity contribution in [2.45, 2.75) is 6.54 Å². The Morgan fingerprint density at radius 3 is 2.84 bits per heavy atom. The molecule has 19 heavy (non-hydrogen) atoms. The van der Waals surface area contributed by atoms with Gasteiger partial charge in [-0.3, -0.25) is 0 Å². The smallest absolute Gasteiger partial charge is 0.218 e. The molecule has 2 rings (SSSR count). The molecule has 0 radical (unpaired) electrons. The molecule has 0 atom stereocenters. The van der Waals surface area contributed by atoms with Crippen LogP contribution in [0, 0.1) is 0 Å². The van der Waals surface area contributed by atoms with Crippen molar-refractivity contribution in [1.82, 2.24) is 4.98 Å². The standard InChI is InChI=1S/C14H16BrN3O/c1-18(13-6-5-11(15)8-12(13)16)9-10-4-3-7-17-14(10)19-2/h3-8H,9,16H2,1-2H3. The molecule has 0 saturated heterocycles.